The van der Waals surface area contributed by atoms with E-state index in [4.69, 9.17) is 14.2 Å². The van der Waals surface area contributed by atoms with Crippen molar-refractivity contribution in [3.63, 3.8) is 0 Å². The van der Waals surface area contributed by atoms with Crippen LogP contribution >= 0.6 is 0 Å². The Morgan fingerprint density at radius 1 is 1.00 bits per heavy atom. The van der Waals surface area contributed by atoms with Gasteiger partial charge in [-0.3, -0.25) is 9.59 Å². The molecule has 0 amide bonds. The highest BCUT2D eigenvalue weighted by Crippen LogP contribution is 2.32. The second kappa shape index (κ2) is 7.82. The quantitative estimate of drug-likeness (QED) is 0.568. The van der Waals surface area contributed by atoms with Crippen molar-refractivity contribution in [3.8, 4) is 11.5 Å². The Bertz CT molecular complexity index is 885. The van der Waals surface area contributed by atoms with Gasteiger partial charge in [0.25, 0.3) is 0 Å². The molecule has 0 aliphatic carbocycles. The van der Waals surface area contributed by atoms with Gasteiger partial charge in [-0.1, -0.05) is 12.1 Å². The van der Waals surface area contributed by atoms with Crippen LogP contribution < -0.4 is 9.47 Å². The van der Waals surface area contributed by atoms with E-state index in [1.165, 1.54) is 0 Å². The van der Waals surface area contributed by atoms with Crippen molar-refractivity contribution >= 4 is 11.8 Å². The van der Waals surface area contributed by atoms with Crippen LogP contribution in [0.4, 0.5) is 0 Å². The zero-order chi connectivity index (χ0) is 19.6. The third-order valence-electron chi connectivity index (χ3n) is 4.84. The molecule has 1 aliphatic heterocycles. The molecule has 0 saturated carbocycles. The number of rotatable bonds is 6. The summed E-state index contributed by atoms with van der Waals surface area (Å²) in [5.41, 5.74) is 4.64. The molecule has 1 unspecified atom stereocenters. The highest BCUT2D eigenvalue weighted by molar-refractivity contribution is 6.01. The summed E-state index contributed by atoms with van der Waals surface area (Å²) in [5.74, 6) is 0.834. The van der Waals surface area contributed by atoms with Crippen LogP contribution in [0.1, 0.15) is 46.0 Å². The fraction of sp³-hybridized carbons (Fsp3) is 0.364. The van der Waals surface area contributed by atoms with E-state index in [1.807, 2.05) is 51.1 Å². The third-order valence-corrected chi connectivity index (χ3v) is 4.84. The maximum atomic E-state index is 12.7. The molecule has 1 aliphatic rings. The van der Waals surface area contributed by atoms with Gasteiger partial charge in [-0.2, -0.15) is 0 Å². The van der Waals surface area contributed by atoms with Crippen LogP contribution in [0, 0.1) is 20.8 Å². The summed E-state index contributed by atoms with van der Waals surface area (Å²) in [6.45, 7) is 7.71. The molecular formula is C22H24O5. The van der Waals surface area contributed by atoms with E-state index in [2.05, 4.69) is 0 Å². The van der Waals surface area contributed by atoms with Crippen LogP contribution in [0.2, 0.25) is 0 Å². The van der Waals surface area contributed by atoms with E-state index in [0.717, 1.165) is 22.3 Å². The molecule has 0 saturated heterocycles. The molecule has 0 spiro atoms. The largest absolute Gasteiger partial charge is 0.454 e. The molecule has 142 valence electrons. The Kier molecular flexibility index (Phi) is 5.49. The van der Waals surface area contributed by atoms with Gasteiger partial charge in [0.2, 0.25) is 12.6 Å². The fourth-order valence-corrected chi connectivity index (χ4v) is 3.10. The van der Waals surface area contributed by atoms with Crippen molar-refractivity contribution in [1.29, 1.82) is 0 Å². The van der Waals surface area contributed by atoms with Crippen LogP contribution in [0.3, 0.4) is 0 Å². The number of hydrogen-bond acceptors (Lipinski definition) is 5. The van der Waals surface area contributed by atoms with Crippen LogP contribution in [0.25, 0.3) is 0 Å². The molecule has 1 atom stereocenters. The van der Waals surface area contributed by atoms with Crippen molar-refractivity contribution in [2.45, 2.75) is 46.6 Å². The predicted molar refractivity (Wildman–Crippen MR) is 101 cm³/mol. The van der Waals surface area contributed by atoms with Crippen molar-refractivity contribution in [3.05, 3.63) is 58.1 Å². The summed E-state index contributed by atoms with van der Waals surface area (Å²) in [6.07, 6.45) is -0.0996. The van der Waals surface area contributed by atoms with Gasteiger partial charge in [0.05, 0.1) is 0 Å². The van der Waals surface area contributed by atoms with Gasteiger partial charge >= 0.3 is 5.97 Å². The summed E-state index contributed by atoms with van der Waals surface area (Å²) in [7, 11) is 0. The molecule has 0 bridgehead atoms. The first-order valence-corrected chi connectivity index (χ1v) is 9.05. The molecule has 5 heteroatoms. The monoisotopic (exact) mass is 368 g/mol. The number of fused-ring (bicyclic) bond motifs is 1. The summed E-state index contributed by atoms with van der Waals surface area (Å²) in [4.78, 5) is 24.8. The van der Waals surface area contributed by atoms with Gasteiger partial charge in [0.15, 0.2) is 17.6 Å². The molecule has 27 heavy (non-hydrogen) atoms. The van der Waals surface area contributed by atoms with Gasteiger partial charge in [0, 0.05) is 12.0 Å². The van der Waals surface area contributed by atoms with Gasteiger partial charge in [0.1, 0.15) is 0 Å². The lowest BCUT2D eigenvalue weighted by molar-refractivity contribution is -0.146. The van der Waals surface area contributed by atoms with E-state index >= 15 is 0 Å². The number of ether oxygens (including phenoxy) is 3. The number of carbonyl (C=O) groups excluding carboxylic acids is 2. The van der Waals surface area contributed by atoms with Gasteiger partial charge < -0.3 is 14.2 Å². The van der Waals surface area contributed by atoms with Crippen LogP contribution in [-0.4, -0.2) is 24.6 Å². The number of esters is 1. The van der Waals surface area contributed by atoms with Gasteiger partial charge in [-0.25, -0.2) is 0 Å². The molecule has 1 heterocycles. The van der Waals surface area contributed by atoms with Gasteiger partial charge in [-0.05, 0) is 74.6 Å². The SMILES string of the molecule is Cc1cc(C)c(C(=O)C(C)OC(=O)CCc2ccc3c(c2)OCO3)cc1C. The summed E-state index contributed by atoms with van der Waals surface area (Å²) >= 11 is 0. The smallest absolute Gasteiger partial charge is 0.306 e. The molecule has 0 fully saturated rings. The zero-order valence-electron chi connectivity index (χ0n) is 16.1. The lowest BCUT2D eigenvalue weighted by Crippen LogP contribution is -2.25. The third kappa shape index (κ3) is 4.30. The predicted octanol–water partition coefficient (Wildman–Crippen LogP) is 4.09. The minimum Gasteiger partial charge on any atom is -0.454 e. The fourth-order valence-electron chi connectivity index (χ4n) is 3.10. The number of carbonyl (C=O) groups is 2. The number of aryl methyl sites for hydroxylation is 4. The first-order chi connectivity index (χ1) is 12.8. The molecule has 2 aromatic rings. The van der Waals surface area contributed by atoms with Crippen molar-refractivity contribution < 1.29 is 23.8 Å². The van der Waals surface area contributed by atoms with E-state index in [-0.39, 0.29) is 19.0 Å². The Morgan fingerprint density at radius 3 is 2.48 bits per heavy atom. The lowest BCUT2D eigenvalue weighted by atomic mass is 9.96. The van der Waals surface area contributed by atoms with Crippen molar-refractivity contribution in [2.75, 3.05) is 6.79 Å². The molecule has 3 rings (SSSR count). The van der Waals surface area contributed by atoms with Crippen molar-refractivity contribution in [2.24, 2.45) is 0 Å². The minimum atomic E-state index is -0.810. The lowest BCUT2D eigenvalue weighted by Gasteiger charge is -2.15. The maximum absolute atomic E-state index is 12.7. The second-order valence-corrected chi connectivity index (χ2v) is 6.94. The zero-order valence-corrected chi connectivity index (χ0v) is 16.1. The van der Waals surface area contributed by atoms with E-state index < -0.39 is 12.1 Å². The Morgan fingerprint density at radius 2 is 1.70 bits per heavy atom. The summed E-state index contributed by atoms with van der Waals surface area (Å²) in [6, 6.07) is 9.44. The van der Waals surface area contributed by atoms with Gasteiger partial charge in [-0.15, -0.1) is 0 Å². The first kappa shape index (κ1) is 19.0. The number of benzene rings is 2. The van der Waals surface area contributed by atoms with E-state index in [1.54, 1.807) is 6.92 Å². The van der Waals surface area contributed by atoms with Crippen LogP contribution in [0.5, 0.6) is 11.5 Å². The van der Waals surface area contributed by atoms with Crippen LogP contribution in [-0.2, 0) is 16.0 Å². The Labute approximate surface area is 159 Å². The minimum absolute atomic E-state index is 0.174. The van der Waals surface area contributed by atoms with E-state index in [9.17, 15) is 9.59 Å². The number of Topliss-reactive ketones (excluding diaryl/α,β-unsaturated/α-hetero) is 1. The Hall–Kier alpha value is -2.82. The highest BCUT2D eigenvalue weighted by Gasteiger charge is 2.22. The maximum Gasteiger partial charge on any atom is 0.306 e. The average Bonchev–Trinajstić information content (AvgIpc) is 3.10. The topological polar surface area (TPSA) is 61.8 Å². The highest BCUT2D eigenvalue weighted by atomic mass is 16.7. The first-order valence-electron chi connectivity index (χ1n) is 9.05. The number of ketones is 1. The molecule has 2 aromatic carbocycles. The van der Waals surface area contributed by atoms with E-state index in [0.29, 0.717) is 23.5 Å². The standard InChI is InChI=1S/C22H24O5/c1-13-9-15(3)18(10-14(13)2)22(24)16(4)27-21(23)8-6-17-5-7-19-20(11-17)26-12-25-19/h5,7,9-11,16H,6,8,12H2,1-4H3. The summed E-state index contributed by atoms with van der Waals surface area (Å²) in [5, 5.41) is 0. The Balaban J connectivity index is 1.57. The van der Waals surface area contributed by atoms with Crippen LogP contribution in [0.15, 0.2) is 30.3 Å². The normalized spacial score (nSPS) is 13.3. The molecular weight excluding hydrogens is 344 g/mol. The number of hydrogen-bond donors (Lipinski definition) is 0. The molecule has 0 N–H and O–H groups in total. The molecule has 0 radical (unpaired) electrons. The van der Waals surface area contributed by atoms with Crippen molar-refractivity contribution in [1.82, 2.24) is 0 Å². The second-order valence-electron chi connectivity index (χ2n) is 6.94. The average molecular weight is 368 g/mol. The molecule has 5 nitrogen and oxygen atoms in total. The molecule has 0 aromatic heterocycles. The summed E-state index contributed by atoms with van der Waals surface area (Å²) < 4.78 is 16.0.